The minimum atomic E-state index is 0. The number of rotatable bonds is 8. The number of aryl methyl sites for hydroxylation is 1. The SMILES string of the molecule is CSc1nc(C)ccc1NC(=O)CN1CCN(CCSc2nc3ccccc3o2)CC1.Cl.Cl. The van der Waals surface area contributed by atoms with Crippen LogP contribution in [0.2, 0.25) is 0 Å². The summed E-state index contributed by atoms with van der Waals surface area (Å²) in [5, 5.41) is 4.60. The summed E-state index contributed by atoms with van der Waals surface area (Å²) in [5.41, 5.74) is 3.48. The number of aromatic nitrogens is 2. The van der Waals surface area contributed by atoms with E-state index in [2.05, 4.69) is 25.1 Å². The number of nitrogens with zero attached hydrogens (tertiary/aromatic N) is 4. The molecule has 2 aromatic heterocycles. The average molecular weight is 531 g/mol. The van der Waals surface area contributed by atoms with Crippen LogP contribution in [-0.4, -0.2) is 77.0 Å². The number of amides is 1. The number of oxazole rings is 1. The summed E-state index contributed by atoms with van der Waals surface area (Å²) in [6.07, 6.45) is 1.97. The number of thioether (sulfide) groups is 2. The Labute approximate surface area is 215 Å². The zero-order valence-electron chi connectivity index (χ0n) is 18.7. The molecule has 1 aliphatic rings. The van der Waals surface area contributed by atoms with E-state index in [0.29, 0.717) is 6.54 Å². The third-order valence-electron chi connectivity index (χ3n) is 5.21. The lowest BCUT2D eigenvalue weighted by molar-refractivity contribution is -0.117. The Hall–Kier alpha value is -1.49. The van der Waals surface area contributed by atoms with Crippen molar-refractivity contribution in [2.24, 2.45) is 0 Å². The van der Waals surface area contributed by atoms with Gasteiger partial charge in [-0.25, -0.2) is 9.97 Å². The molecule has 1 amide bonds. The molecule has 0 unspecified atom stereocenters. The third-order valence-corrected chi connectivity index (χ3v) is 6.71. The van der Waals surface area contributed by atoms with Gasteiger partial charge < -0.3 is 9.73 Å². The maximum absolute atomic E-state index is 12.5. The molecule has 7 nitrogen and oxygen atoms in total. The highest BCUT2D eigenvalue weighted by Crippen LogP contribution is 2.24. The van der Waals surface area contributed by atoms with Crippen molar-refractivity contribution >= 4 is 71.0 Å². The lowest BCUT2D eigenvalue weighted by atomic mass is 10.3. The molecule has 0 saturated carbocycles. The molecule has 3 heterocycles. The Morgan fingerprint density at radius 2 is 1.79 bits per heavy atom. The van der Waals surface area contributed by atoms with Crippen molar-refractivity contribution in [1.82, 2.24) is 19.8 Å². The normalized spacial score (nSPS) is 14.5. The minimum Gasteiger partial charge on any atom is -0.431 e. The summed E-state index contributed by atoms with van der Waals surface area (Å²) >= 11 is 3.20. The van der Waals surface area contributed by atoms with Crippen molar-refractivity contribution in [1.29, 1.82) is 0 Å². The number of hydrogen-bond acceptors (Lipinski definition) is 8. The number of nitrogens with one attached hydrogen (secondary N) is 1. The number of pyridine rings is 1. The molecule has 11 heteroatoms. The number of carbonyl (C=O) groups excluding carboxylic acids is 1. The first-order chi connectivity index (χ1) is 15.1. The van der Waals surface area contributed by atoms with Gasteiger partial charge in [-0.15, -0.1) is 36.6 Å². The van der Waals surface area contributed by atoms with Crippen molar-refractivity contribution < 1.29 is 9.21 Å². The Morgan fingerprint density at radius 1 is 1.06 bits per heavy atom. The number of halogens is 2. The predicted octanol–water partition coefficient (Wildman–Crippen LogP) is 4.45. The van der Waals surface area contributed by atoms with Crippen LogP contribution in [0.3, 0.4) is 0 Å². The molecule has 1 aromatic carbocycles. The van der Waals surface area contributed by atoms with Gasteiger partial charge in [-0.1, -0.05) is 23.9 Å². The van der Waals surface area contributed by atoms with E-state index in [0.717, 1.165) is 71.2 Å². The summed E-state index contributed by atoms with van der Waals surface area (Å²) < 4.78 is 5.76. The van der Waals surface area contributed by atoms with Gasteiger partial charge in [-0.05, 0) is 37.4 Å². The van der Waals surface area contributed by atoms with E-state index in [1.54, 1.807) is 23.5 Å². The average Bonchev–Trinajstić information content (AvgIpc) is 3.19. The van der Waals surface area contributed by atoms with Crippen LogP contribution in [0.5, 0.6) is 0 Å². The molecule has 1 aliphatic heterocycles. The van der Waals surface area contributed by atoms with Gasteiger partial charge >= 0.3 is 0 Å². The predicted molar refractivity (Wildman–Crippen MR) is 141 cm³/mol. The maximum Gasteiger partial charge on any atom is 0.256 e. The van der Waals surface area contributed by atoms with Crippen LogP contribution < -0.4 is 5.32 Å². The first-order valence-corrected chi connectivity index (χ1v) is 12.6. The highest BCUT2D eigenvalue weighted by atomic mass is 35.5. The van der Waals surface area contributed by atoms with Gasteiger partial charge in [0.25, 0.3) is 5.22 Å². The number of benzene rings is 1. The lowest BCUT2D eigenvalue weighted by Gasteiger charge is -2.34. The Morgan fingerprint density at radius 3 is 2.52 bits per heavy atom. The number of para-hydroxylation sites is 2. The molecule has 0 atom stereocenters. The van der Waals surface area contributed by atoms with E-state index < -0.39 is 0 Å². The highest BCUT2D eigenvalue weighted by molar-refractivity contribution is 7.99. The fraction of sp³-hybridized carbons (Fsp3) is 0.409. The number of hydrogen-bond donors (Lipinski definition) is 1. The summed E-state index contributed by atoms with van der Waals surface area (Å²) in [4.78, 5) is 26.1. The van der Waals surface area contributed by atoms with Crippen LogP contribution in [0.15, 0.2) is 51.1 Å². The van der Waals surface area contributed by atoms with Crippen LogP contribution in [0.1, 0.15) is 5.69 Å². The van der Waals surface area contributed by atoms with Gasteiger partial charge in [0.1, 0.15) is 10.5 Å². The van der Waals surface area contributed by atoms with E-state index in [4.69, 9.17) is 4.42 Å². The number of fused-ring (bicyclic) bond motifs is 1. The summed E-state index contributed by atoms with van der Waals surface area (Å²) in [6, 6.07) is 11.7. The first-order valence-electron chi connectivity index (χ1n) is 10.4. The van der Waals surface area contributed by atoms with Gasteiger partial charge in [0.15, 0.2) is 5.58 Å². The van der Waals surface area contributed by atoms with Crippen molar-refractivity contribution in [2.45, 2.75) is 17.2 Å². The number of piperazine rings is 1. The second kappa shape index (κ2) is 13.4. The maximum atomic E-state index is 12.5. The second-order valence-electron chi connectivity index (χ2n) is 7.47. The Bertz CT molecular complexity index is 1010. The Kier molecular flexibility index (Phi) is 11.3. The smallest absolute Gasteiger partial charge is 0.256 e. The third kappa shape index (κ3) is 7.77. The van der Waals surface area contributed by atoms with Gasteiger partial charge in [0.05, 0.1) is 12.2 Å². The van der Waals surface area contributed by atoms with E-state index in [9.17, 15) is 4.79 Å². The van der Waals surface area contributed by atoms with Crippen LogP contribution >= 0.6 is 48.3 Å². The van der Waals surface area contributed by atoms with E-state index >= 15 is 0 Å². The van der Waals surface area contributed by atoms with E-state index in [1.165, 1.54) is 0 Å². The largest absolute Gasteiger partial charge is 0.431 e. The molecule has 1 saturated heterocycles. The zero-order valence-corrected chi connectivity index (χ0v) is 21.9. The molecule has 1 fully saturated rings. The molecule has 0 aliphatic carbocycles. The molecule has 3 aromatic rings. The van der Waals surface area contributed by atoms with Crippen molar-refractivity contribution in [3.8, 4) is 0 Å². The van der Waals surface area contributed by atoms with Gasteiger partial charge in [-0.3, -0.25) is 14.6 Å². The first kappa shape index (κ1) is 27.8. The number of carbonyl (C=O) groups is 1. The number of anilines is 1. The van der Waals surface area contributed by atoms with Gasteiger partial charge in [0.2, 0.25) is 5.91 Å². The molecule has 33 heavy (non-hydrogen) atoms. The highest BCUT2D eigenvalue weighted by Gasteiger charge is 2.19. The lowest BCUT2D eigenvalue weighted by Crippen LogP contribution is -2.49. The van der Waals surface area contributed by atoms with Crippen LogP contribution in [0, 0.1) is 6.92 Å². The fourth-order valence-electron chi connectivity index (χ4n) is 3.52. The van der Waals surface area contributed by atoms with Crippen molar-refractivity contribution in [3.63, 3.8) is 0 Å². The van der Waals surface area contributed by atoms with Crippen LogP contribution in [0.25, 0.3) is 11.1 Å². The molecular formula is C22H29Cl2N5O2S2. The summed E-state index contributed by atoms with van der Waals surface area (Å²) in [5.74, 6) is 0.950. The standard InChI is InChI=1S/C22H27N5O2S2.2ClH/c1-16-7-8-18(21(23-16)30-2)24-20(28)15-27-11-9-26(10-12-27)13-14-31-22-25-17-5-3-4-6-19(17)29-22;;/h3-8H,9-15H2,1-2H3,(H,24,28);2*1H. The molecule has 0 spiro atoms. The Balaban J connectivity index is 0.00000193. The van der Waals surface area contributed by atoms with E-state index in [1.807, 2.05) is 49.6 Å². The van der Waals surface area contributed by atoms with E-state index in [-0.39, 0.29) is 30.7 Å². The zero-order chi connectivity index (χ0) is 21.6. The van der Waals surface area contributed by atoms with Crippen LogP contribution in [-0.2, 0) is 4.79 Å². The van der Waals surface area contributed by atoms with Crippen molar-refractivity contribution in [3.05, 3.63) is 42.1 Å². The fourth-order valence-corrected chi connectivity index (χ4v) is 4.93. The molecule has 180 valence electrons. The monoisotopic (exact) mass is 529 g/mol. The van der Waals surface area contributed by atoms with Crippen molar-refractivity contribution in [2.75, 3.05) is 56.6 Å². The summed E-state index contributed by atoms with van der Waals surface area (Å²) in [6.45, 7) is 7.05. The summed E-state index contributed by atoms with van der Waals surface area (Å²) in [7, 11) is 0. The molecule has 0 radical (unpaired) electrons. The van der Waals surface area contributed by atoms with Gasteiger partial charge in [0, 0.05) is 44.2 Å². The topological polar surface area (TPSA) is 74.5 Å². The van der Waals surface area contributed by atoms with Crippen LogP contribution in [0.4, 0.5) is 5.69 Å². The minimum absolute atomic E-state index is 0. The van der Waals surface area contributed by atoms with Gasteiger partial charge in [-0.2, -0.15) is 0 Å². The molecule has 0 bridgehead atoms. The molecule has 1 N–H and O–H groups in total. The molecular weight excluding hydrogens is 501 g/mol. The quantitative estimate of drug-likeness (QED) is 0.429. The second-order valence-corrected chi connectivity index (χ2v) is 9.31. The molecule has 4 rings (SSSR count).